The first-order valence-corrected chi connectivity index (χ1v) is 9.39. The molecule has 27 heavy (non-hydrogen) atoms. The van der Waals surface area contributed by atoms with Crippen LogP contribution in [0.2, 0.25) is 0 Å². The van der Waals surface area contributed by atoms with Gasteiger partial charge in [-0.05, 0) is 46.6 Å². The fourth-order valence-corrected chi connectivity index (χ4v) is 2.91. The summed E-state index contributed by atoms with van der Waals surface area (Å²) in [4.78, 5) is 26.5. The molecule has 0 saturated heterocycles. The lowest BCUT2D eigenvalue weighted by Crippen LogP contribution is -2.44. The third-order valence-corrected chi connectivity index (χ3v) is 4.21. The average molecular weight is 374 g/mol. The van der Waals surface area contributed by atoms with Gasteiger partial charge < -0.3 is 19.7 Å². The Hall–Kier alpha value is -2.50. The lowest BCUT2D eigenvalue weighted by Gasteiger charge is -2.33. The Kier molecular flexibility index (Phi) is 6.88. The van der Waals surface area contributed by atoms with E-state index in [2.05, 4.69) is 5.32 Å². The molecule has 0 saturated carbocycles. The quantitative estimate of drug-likeness (QED) is 0.794. The highest BCUT2D eigenvalue weighted by molar-refractivity contribution is 5.90. The van der Waals surface area contributed by atoms with E-state index in [9.17, 15) is 9.59 Å². The molecule has 2 rings (SSSR count). The minimum atomic E-state index is -0.562. The third-order valence-electron chi connectivity index (χ3n) is 4.21. The van der Waals surface area contributed by atoms with E-state index in [0.29, 0.717) is 37.4 Å². The van der Waals surface area contributed by atoms with Crippen molar-refractivity contribution in [2.45, 2.75) is 52.7 Å². The van der Waals surface area contributed by atoms with Crippen molar-refractivity contribution in [3.63, 3.8) is 0 Å². The van der Waals surface area contributed by atoms with Gasteiger partial charge in [0.25, 0.3) is 0 Å². The molecule has 6 nitrogen and oxygen atoms in total. The monoisotopic (exact) mass is 374 g/mol. The van der Waals surface area contributed by atoms with Gasteiger partial charge >= 0.3 is 12.1 Å². The highest BCUT2D eigenvalue weighted by Gasteiger charge is 2.30. The molecule has 1 aromatic rings. The lowest BCUT2D eigenvalue weighted by atomic mass is 10.0. The Bertz CT molecular complexity index is 692. The standard InChI is InChI=1S/C21H30N2O4/c1-6-26-19(24)17-12-13-23(20(25)27-21(3,4)5)14-18(17)22-15(2)16-10-8-7-9-11-16/h7-11,15,22H,6,12-14H2,1-5H3/t15-/m1/s1. The van der Waals surface area contributed by atoms with E-state index >= 15 is 0 Å². The highest BCUT2D eigenvalue weighted by Crippen LogP contribution is 2.23. The first-order chi connectivity index (χ1) is 12.7. The van der Waals surface area contributed by atoms with Crippen LogP contribution in [-0.2, 0) is 14.3 Å². The topological polar surface area (TPSA) is 67.9 Å². The molecule has 1 aromatic carbocycles. The molecule has 1 amide bonds. The van der Waals surface area contributed by atoms with Crippen molar-refractivity contribution in [2.24, 2.45) is 0 Å². The Morgan fingerprint density at radius 3 is 2.48 bits per heavy atom. The van der Waals surface area contributed by atoms with Gasteiger partial charge in [0.05, 0.1) is 18.7 Å². The van der Waals surface area contributed by atoms with Gasteiger partial charge in [0.2, 0.25) is 0 Å². The van der Waals surface area contributed by atoms with E-state index in [1.807, 2.05) is 58.0 Å². The van der Waals surface area contributed by atoms with Crippen LogP contribution in [0.5, 0.6) is 0 Å². The SMILES string of the molecule is CCOC(=O)C1=C(N[C@H](C)c2ccccc2)CN(C(=O)OC(C)(C)C)CC1. The number of hydrogen-bond donors (Lipinski definition) is 1. The Morgan fingerprint density at radius 1 is 1.22 bits per heavy atom. The summed E-state index contributed by atoms with van der Waals surface area (Å²) in [6.45, 7) is 10.4. The Balaban J connectivity index is 2.21. The molecule has 1 atom stereocenters. The maximum Gasteiger partial charge on any atom is 0.410 e. The van der Waals surface area contributed by atoms with Gasteiger partial charge in [-0.1, -0.05) is 30.3 Å². The first-order valence-electron chi connectivity index (χ1n) is 9.39. The minimum absolute atomic E-state index is 0.00999. The Morgan fingerprint density at radius 2 is 1.89 bits per heavy atom. The van der Waals surface area contributed by atoms with Crippen molar-refractivity contribution in [1.29, 1.82) is 0 Å². The summed E-state index contributed by atoms with van der Waals surface area (Å²) in [6.07, 6.45) is 0.0547. The summed E-state index contributed by atoms with van der Waals surface area (Å²) in [5.41, 5.74) is 1.84. The van der Waals surface area contributed by atoms with Crippen LogP contribution in [0.25, 0.3) is 0 Å². The van der Waals surface area contributed by atoms with Gasteiger partial charge in [0.1, 0.15) is 5.60 Å². The number of nitrogens with zero attached hydrogens (tertiary/aromatic N) is 1. The van der Waals surface area contributed by atoms with Crippen molar-refractivity contribution in [3.05, 3.63) is 47.2 Å². The molecule has 0 aromatic heterocycles. The summed E-state index contributed by atoms with van der Waals surface area (Å²) in [6, 6.07) is 9.95. The number of carbonyl (C=O) groups is 2. The lowest BCUT2D eigenvalue weighted by molar-refractivity contribution is -0.139. The second kappa shape index (κ2) is 8.93. The van der Waals surface area contributed by atoms with E-state index < -0.39 is 5.60 Å². The van der Waals surface area contributed by atoms with E-state index in [-0.39, 0.29) is 18.1 Å². The van der Waals surface area contributed by atoms with Gasteiger partial charge in [-0.25, -0.2) is 9.59 Å². The Labute approximate surface area is 161 Å². The molecule has 148 valence electrons. The maximum absolute atomic E-state index is 12.5. The fourth-order valence-electron chi connectivity index (χ4n) is 2.91. The number of nitrogens with one attached hydrogen (secondary N) is 1. The zero-order chi connectivity index (χ0) is 20.0. The summed E-state index contributed by atoms with van der Waals surface area (Å²) in [5.74, 6) is -0.330. The number of ether oxygens (including phenoxy) is 2. The number of esters is 1. The fraction of sp³-hybridized carbons (Fsp3) is 0.524. The summed E-state index contributed by atoms with van der Waals surface area (Å²) in [5, 5.41) is 3.40. The van der Waals surface area contributed by atoms with Crippen LogP contribution in [0.1, 0.15) is 52.6 Å². The maximum atomic E-state index is 12.5. The highest BCUT2D eigenvalue weighted by atomic mass is 16.6. The molecule has 0 unspecified atom stereocenters. The van der Waals surface area contributed by atoms with Gasteiger partial charge in [0, 0.05) is 18.3 Å². The van der Waals surface area contributed by atoms with Crippen molar-refractivity contribution in [3.8, 4) is 0 Å². The number of benzene rings is 1. The number of rotatable bonds is 5. The predicted molar refractivity (Wildman–Crippen MR) is 104 cm³/mol. The first kappa shape index (κ1) is 20.8. The van der Waals surface area contributed by atoms with Crippen molar-refractivity contribution in [1.82, 2.24) is 10.2 Å². The molecule has 1 N–H and O–H groups in total. The van der Waals surface area contributed by atoms with Crippen LogP contribution < -0.4 is 5.32 Å². The van der Waals surface area contributed by atoms with E-state index in [0.717, 1.165) is 5.56 Å². The molecule has 0 aliphatic carbocycles. The number of carbonyl (C=O) groups excluding carboxylic acids is 2. The predicted octanol–water partition coefficient (Wildman–Crippen LogP) is 3.80. The second-order valence-corrected chi connectivity index (χ2v) is 7.61. The summed E-state index contributed by atoms with van der Waals surface area (Å²) >= 11 is 0. The van der Waals surface area contributed by atoms with Crippen LogP contribution in [0, 0.1) is 0 Å². The van der Waals surface area contributed by atoms with E-state index in [1.165, 1.54) is 0 Å². The molecule has 6 heteroatoms. The van der Waals surface area contributed by atoms with Gasteiger partial charge in [-0.2, -0.15) is 0 Å². The van der Waals surface area contributed by atoms with Crippen molar-refractivity contribution >= 4 is 12.1 Å². The molecule has 0 radical (unpaired) electrons. The average Bonchev–Trinajstić information content (AvgIpc) is 2.61. The van der Waals surface area contributed by atoms with Crippen LogP contribution in [0.3, 0.4) is 0 Å². The van der Waals surface area contributed by atoms with Crippen LogP contribution >= 0.6 is 0 Å². The largest absolute Gasteiger partial charge is 0.463 e. The molecule has 1 aliphatic heterocycles. The van der Waals surface area contributed by atoms with Gasteiger partial charge in [-0.3, -0.25) is 0 Å². The normalized spacial score (nSPS) is 16.0. The summed E-state index contributed by atoms with van der Waals surface area (Å²) < 4.78 is 10.7. The smallest absolute Gasteiger partial charge is 0.410 e. The summed E-state index contributed by atoms with van der Waals surface area (Å²) in [7, 11) is 0. The molecule has 1 aliphatic rings. The molecular weight excluding hydrogens is 344 g/mol. The zero-order valence-corrected chi connectivity index (χ0v) is 16.9. The minimum Gasteiger partial charge on any atom is -0.463 e. The third kappa shape index (κ3) is 6.01. The van der Waals surface area contributed by atoms with E-state index in [4.69, 9.17) is 9.47 Å². The molecule has 0 fully saturated rings. The van der Waals surface area contributed by atoms with Crippen LogP contribution in [-0.4, -0.2) is 42.3 Å². The van der Waals surface area contributed by atoms with Crippen molar-refractivity contribution in [2.75, 3.05) is 19.7 Å². The van der Waals surface area contributed by atoms with Crippen molar-refractivity contribution < 1.29 is 19.1 Å². The van der Waals surface area contributed by atoms with Crippen LogP contribution in [0.15, 0.2) is 41.6 Å². The second-order valence-electron chi connectivity index (χ2n) is 7.61. The van der Waals surface area contributed by atoms with Gasteiger partial charge in [-0.15, -0.1) is 0 Å². The number of amides is 1. The number of hydrogen-bond acceptors (Lipinski definition) is 5. The van der Waals surface area contributed by atoms with Crippen LogP contribution in [0.4, 0.5) is 4.79 Å². The molecule has 0 spiro atoms. The van der Waals surface area contributed by atoms with E-state index in [1.54, 1.807) is 11.8 Å². The molecule has 0 bridgehead atoms. The zero-order valence-electron chi connectivity index (χ0n) is 16.9. The van der Waals surface area contributed by atoms with Gasteiger partial charge in [0.15, 0.2) is 0 Å². The molecule has 1 heterocycles. The molecular formula is C21H30N2O4.